The molecule has 1 aliphatic carbocycles. The molecule has 0 aliphatic heterocycles. The Labute approximate surface area is 239 Å². The van der Waals surface area contributed by atoms with Gasteiger partial charge in [0.2, 0.25) is 0 Å². The van der Waals surface area contributed by atoms with Crippen LogP contribution in [0.4, 0.5) is 16.2 Å². The number of nitrogens with one attached hydrogen (secondary N) is 2. The molecule has 2 atom stereocenters. The maximum absolute atomic E-state index is 12.8. The van der Waals surface area contributed by atoms with Gasteiger partial charge < -0.3 is 15.8 Å². The van der Waals surface area contributed by atoms with Gasteiger partial charge in [-0.1, -0.05) is 84.9 Å². The molecule has 5 aromatic carbocycles. The molecule has 1 fully saturated rings. The molecule has 1 aliphatic rings. The quantitative estimate of drug-likeness (QED) is 0.193. The molecule has 6 heteroatoms. The van der Waals surface area contributed by atoms with E-state index in [0.717, 1.165) is 18.4 Å². The third-order valence-corrected chi connectivity index (χ3v) is 7.64. The van der Waals surface area contributed by atoms with Crippen LogP contribution in [0.5, 0.6) is 0 Å². The van der Waals surface area contributed by atoms with Crippen LogP contribution in [0.25, 0.3) is 10.8 Å². The molecule has 0 radical (unpaired) electrons. The van der Waals surface area contributed by atoms with Crippen LogP contribution in [0, 0.1) is 0 Å². The van der Waals surface area contributed by atoms with Gasteiger partial charge in [0.1, 0.15) is 6.61 Å². The summed E-state index contributed by atoms with van der Waals surface area (Å²) in [5, 5.41) is 8.09. The van der Waals surface area contributed by atoms with E-state index in [4.69, 9.17) is 10.5 Å². The number of rotatable bonds is 8. The van der Waals surface area contributed by atoms with Crippen molar-refractivity contribution in [3.05, 3.63) is 144 Å². The Kier molecular flexibility index (Phi) is 7.23. The van der Waals surface area contributed by atoms with E-state index in [-0.39, 0.29) is 24.0 Å². The highest BCUT2D eigenvalue weighted by Gasteiger charge is 2.51. The number of nitrogens with two attached hydrogens (primary N) is 1. The zero-order valence-corrected chi connectivity index (χ0v) is 22.5. The highest BCUT2D eigenvalue weighted by atomic mass is 16.5. The average Bonchev–Trinajstić information content (AvgIpc) is 3.67. The van der Waals surface area contributed by atoms with Crippen LogP contribution >= 0.6 is 0 Å². The number of fused-ring (bicyclic) bond motifs is 1. The fraction of sp³-hybridized carbons (Fsp3) is 0.143. The molecule has 41 heavy (non-hydrogen) atoms. The lowest BCUT2D eigenvalue weighted by atomic mass is 9.97. The molecule has 0 bridgehead atoms. The Morgan fingerprint density at radius 1 is 0.732 bits per heavy atom. The summed E-state index contributed by atoms with van der Waals surface area (Å²) < 4.78 is 5.24. The van der Waals surface area contributed by atoms with Crippen molar-refractivity contribution in [2.45, 2.75) is 30.9 Å². The number of hydrogen-bond acceptors (Lipinski definition) is 4. The van der Waals surface area contributed by atoms with Crippen molar-refractivity contribution in [3.63, 3.8) is 0 Å². The normalized spacial score (nSPS) is 17.5. The van der Waals surface area contributed by atoms with Crippen molar-refractivity contribution in [2.75, 3.05) is 10.6 Å². The predicted octanol–water partition coefficient (Wildman–Crippen LogP) is 7.27. The van der Waals surface area contributed by atoms with E-state index < -0.39 is 6.09 Å². The first kappa shape index (κ1) is 26.3. The summed E-state index contributed by atoms with van der Waals surface area (Å²) in [6.45, 7) is 0.184. The van der Waals surface area contributed by atoms with Crippen molar-refractivity contribution < 1.29 is 14.3 Å². The molecule has 0 saturated heterocycles. The molecule has 6 rings (SSSR count). The van der Waals surface area contributed by atoms with E-state index in [1.54, 1.807) is 24.3 Å². The molecule has 0 aromatic heterocycles. The highest BCUT2D eigenvalue weighted by molar-refractivity contribution is 6.04. The van der Waals surface area contributed by atoms with Gasteiger partial charge in [-0.05, 0) is 76.7 Å². The van der Waals surface area contributed by atoms with Gasteiger partial charge in [-0.3, -0.25) is 10.1 Å². The van der Waals surface area contributed by atoms with Gasteiger partial charge in [-0.2, -0.15) is 0 Å². The minimum absolute atomic E-state index is 0.184. The number of amides is 2. The Hall–Kier alpha value is -4.94. The molecule has 2 amide bonds. The summed E-state index contributed by atoms with van der Waals surface area (Å²) >= 11 is 0. The minimum atomic E-state index is -0.555. The van der Waals surface area contributed by atoms with Gasteiger partial charge in [-0.25, -0.2) is 4.79 Å². The zero-order valence-electron chi connectivity index (χ0n) is 22.5. The second-order valence-electron chi connectivity index (χ2n) is 10.7. The second kappa shape index (κ2) is 11.3. The summed E-state index contributed by atoms with van der Waals surface area (Å²) in [6.07, 6.45) is 1.21. The topological polar surface area (TPSA) is 93.5 Å². The Bertz CT molecular complexity index is 1680. The lowest BCUT2D eigenvalue weighted by Gasteiger charge is -2.13. The van der Waals surface area contributed by atoms with Crippen molar-refractivity contribution in [1.29, 1.82) is 0 Å². The Morgan fingerprint density at radius 3 is 2.15 bits per heavy atom. The smallest absolute Gasteiger partial charge is 0.411 e. The average molecular weight is 542 g/mol. The molecule has 2 unspecified atom stereocenters. The van der Waals surface area contributed by atoms with E-state index in [0.29, 0.717) is 16.9 Å². The molecule has 6 nitrogen and oxygen atoms in total. The van der Waals surface area contributed by atoms with Crippen molar-refractivity contribution in [3.8, 4) is 0 Å². The van der Waals surface area contributed by atoms with E-state index in [2.05, 4.69) is 53.1 Å². The third kappa shape index (κ3) is 6.29. The first-order chi connectivity index (χ1) is 19.9. The van der Waals surface area contributed by atoms with E-state index in [1.165, 1.54) is 21.9 Å². The lowest BCUT2D eigenvalue weighted by molar-refractivity contribution is 0.102. The van der Waals surface area contributed by atoms with Crippen molar-refractivity contribution >= 4 is 34.1 Å². The number of benzene rings is 5. The monoisotopic (exact) mass is 541 g/mol. The first-order valence-corrected chi connectivity index (χ1v) is 13.7. The number of ether oxygens (including phenoxy) is 1. The minimum Gasteiger partial charge on any atom is -0.444 e. The van der Waals surface area contributed by atoms with Gasteiger partial charge in [0.05, 0.1) is 0 Å². The van der Waals surface area contributed by atoms with Gasteiger partial charge in [0, 0.05) is 28.4 Å². The molecule has 5 aromatic rings. The van der Waals surface area contributed by atoms with Crippen molar-refractivity contribution in [1.82, 2.24) is 0 Å². The molecule has 0 spiro atoms. The molecular formula is C35H31N3O3. The summed E-state index contributed by atoms with van der Waals surface area (Å²) in [7, 11) is 0. The predicted molar refractivity (Wildman–Crippen MR) is 163 cm³/mol. The second-order valence-corrected chi connectivity index (χ2v) is 10.7. The maximum atomic E-state index is 12.8. The van der Waals surface area contributed by atoms with E-state index in [1.807, 2.05) is 54.6 Å². The summed E-state index contributed by atoms with van der Waals surface area (Å²) in [5.74, 6) is 0.0602. The SMILES string of the molecule is NC1(Cc2ccc3ccccc3c2)CC1c1ccc(NC(=O)c2ccc(NC(=O)OCc3ccccc3)cc2)cc1. The van der Waals surface area contributed by atoms with Crippen LogP contribution in [0.2, 0.25) is 0 Å². The lowest BCUT2D eigenvalue weighted by Crippen LogP contribution is -2.27. The molecule has 0 heterocycles. The summed E-state index contributed by atoms with van der Waals surface area (Å²) in [6, 6.07) is 39.0. The largest absolute Gasteiger partial charge is 0.444 e. The van der Waals surface area contributed by atoms with Crippen LogP contribution in [0.1, 0.15) is 39.4 Å². The number of hydrogen-bond donors (Lipinski definition) is 3. The molecular weight excluding hydrogens is 510 g/mol. The van der Waals surface area contributed by atoms with Crippen LogP contribution in [0.15, 0.2) is 121 Å². The standard InChI is InChI=1S/C35H31N3O3/c36-35(21-25-10-11-26-8-4-5-9-29(26)20-25)22-32(35)27-12-16-30(17-13-27)37-33(39)28-14-18-31(19-15-28)38-34(40)41-23-24-6-2-1-3-7-24/h1-20,32H,21-23,36H2,(H,37,39)(H,38,40). The van der Waals surface area contributed by atoms with E-state index in [9.17, 15) is 9.59 Å². The number of carbonyl (C=O) groups is 2. The molecule has 1 saturated carbocycles. The highest BCUT2D eigenvalue weighted by Crippen LogP contribution is 2.51. The fourth-order valence-electron chi connectivity index (χ4n) is 5.28. The van der Waals surface area contributed by atoms with Gasteiger partial charge >= 0.3 is 6.09 Å². The van der Waals surface area contributed by atoms with Gasteiger partial charge in [-0.15, -0.1) is 0 Å². The van der Waals surface area contributed by atoms with Crippen LogP contribution in [-0.2, 0) is 17.8 Å². The third-order valence-electron chi connectivity index (χ3n) is 7.64. The van der Waals surface area contributed by atoms with Gasteiger partial charge in [0.25, 0.3) is 5.91 Å². The van der Waals surface area contributed by atoms with Gasteiger partial charge in [0.15, 0.2) is 0 Å². The number of carbonyl (C=O) groups excluding carboxylic acids is 2. The fourth-order valence-corrected chi connectivity index (χ4v) is 5.28. The van der Waals surface area contributed by atoms with Crippen molar-refractivity contribution in [2.24, 2.45) is 5.73 Å². The maximum Gasteiger partial charge on any atom is 0.411 e. The zero-order chi connectivity index (χ0) is 28.2. The van der Waals surface area contributed by atoms with E-state index >= 15 is 0 Å². The summed E-state index contributed by atoms with van der Waals surface area (Å²) in [5.41, 5.74) is 11.6. The molecule has 204 valence electrons. The van der Waals surface area contributed by atoms with Crippen LogP contribution in [-0.4, -0.2) is 17.5 Å². The summed E-state index contributed by atoms with van der Waals surface area (Å²) in [4.78, 5) is 24.9. The van der Waals surface area contributed by atoms with Crippen LogP contribution < -0.4 is 16.4 Å². The van der Waals surface area contributed by atoms with Crippen LogP contribution in [0.3, 0.4) is 0 Å². The number of anilines is 2. The molecule has 4 N–H and O–H groups in total. The first-order valence-electron chi connectivity index (χ1n) is 13.7. The Balaban J connectivity index is 1.00. The Morgan fingerprint density at radius 2 is 1.39 bits per heavy atom.